The number of fused-ring (bicyclic) bond motifs is 1. The van der Waals surface area contributed by atoms with E-state index in [1.54, 1.807) is 35.6 Å². The lowest BCUT2D eigenvalue weighted by molar-refractivity contribution is -0.139. The average molecular weight is 345 g/mol. The average Bonchev–Trinajstić information content (AvgIpc) is 2.85. The molecule has 24 heavy (non-hydrogen) atoms. The van der Waals surface area contributed by atoms with Crippen molar-refractivity contribution in [1.82, 2.24) is 0 Å². The first kappa shape index (κ1) is 16.5. The normalized spacial score (nSPS) is 13.7. The molecule has 126 valence electrons. The van der Waals surface area contributed by atoms with Crippen molar-refractivity contribution in [3.63, 3.8) is 0 Å². The molecule has 0 saturated carbocycles. The van der Waals surface area contributed by atoms with Gasteiger partial charge in [0.15, 0.2) is 6.61 Å². The number of anilines is 1. The van der Waals surface area contributed by atoms with E-state index in [9.17, 15) is 9.59 Å². The van der Waals surface area contributed by atoms with Gasteiger partial charge in [0.2, 0.25) is 0 Å². The van der Waals surface area contributed by atoms with E-state index in [-0.39, 0.29) is 12.5 Å². The van der Waals surface area contributed by atoms with Crippen LogP contribution in [0.2, 0.25) is 0 Å². The van der Waals surface area contributed by atoms with E-state index in [4.69, 9.17) is 9.84 Å². The van der Waals surface area contributed by atoms with Crippen molar-refractivity contribution in [2.24, 2.45) is 0 Å². The number of nitrogens with one attached hydrogen (secondary N) is 1. The first-order valence-electron chi connectivity index (χ1n) is 7.99. The molecule has 1 aromatic carbocycles. The zero-order valence-electron chi connectivity index (χ0n) is 13.2. The van der Waals surface area contributed by atoms with E-state index in [0.717, 1.165) is 17.7 Å². The van der Waals surface area contributed by atoms with Gasteiger partial charge in [-0.3, -0.25) is 4.79 Å². The summed E-state index contributed by atoms with van der Waals surface area (Å²) in [4.78, 5) is 25.0. The maximum atomic E-state index is 12.4. The second-order valence-electron chi connectivity index (χ2n) is 5.78. The standard InChI is InChI=1S/C18H19NO4S/c20-17(21)11-23-14-8-6-13(7-9-14)19-18(22)16-10-12-4-2-1-3-5-15(12)24-16/h6-10H,1-5,11H2,(H,19,22)(H,20,21). The summed E-state index contributed by atoms with van der Waals surface area (Å²) in [6.45, 7) is -0.382. The highest BCUT2D eigenvalue weighted by molar-refractivity contribution is 7.14. The smallest absolute Gasteiger partial charge is 0.341 e. The van der Waals surface area contributed by atoms with Gasteiger partial charge < -0.3 is 15.2 Å². The van der Waals surface area contributed by atoms with Gasteiger partial charge in [-0.25, -0.2) is 4.79 Å². The van der Waals surface area contributed by atoms with Crippen molar-refractivity contribution in [2.75, 3.05) is 11.9 Å². The molecule has 0 atom stereocenters. The van der Waals surface area contributed by atoms with Crippen molar-refractivity contribution >= 4 is 28.9 Å². The third-order valence-corrected chi connectivity index (χ3v) is 5.18. The molecule has 1 amide bonds. The fourth-order valence-electron chi connectivity index (χ4n) is 2.75. The van der Waals surface area contributed by atoms with Crippen LogP contribution in [0.5, 0.6) is 5.75 Å². The molecular formula is C18H19NO4S. The number of benzene rings is 1. The quantitative estimate of drug-likeness (QED) is 0.810. The van der Waals surface area contributed by atoms with Crippen molar-refractivity contribution in [3.05, 3.63) is 45.6 Å². The topological polar surface area (TPSA) is 75.6 Å². The molecule has 1 heterocycles. The molecule has 0 bridgehead atoms. The molecule has 0 unspecified atom stereocenters. The predicted octanol–water partition coefficient (Wildman–Crippen LogP) is 3.73. The second kappa shape index (κ2) is 7.49. The number of carbonyl (C=O) groups excluding carboxylic acids is 1. The van der Waals surface area contributed by atoms with E-state index in [2.05, 4.69) is 5.32 Å². The van der Waals surface area contributed by atoms with Crippen LogP contribution in [0.3, 0.4) is 0 Å². The van der Waals surface area contributed by atoms with Gasteiger partial charge in [0.05, 0.1) is 4.88 Å². The Balaban J connectivity index is 1.63. The molecule has 3 rings (SSSR count). The van der Waals surface area contributed by atoms with Crippen molar-refractivity contribution in [3.8, 4) is 5.75 Å². The number of carboxylic acids is 1. The third-order valence-electron chi connectivity index (χ3n) is 3.94. The molecule has 0 spiro atoms. The monoisotopic (exact) mass is 345 g/mol. The Morgan fingerprint density at radius 3 is 2.62 bits per heavy atom. The molecule has 2 N–H and O–H groups in total. The van der Waals surface area contributed by atoms with Crippen LogP contribution in [0, 0.1) is 0 Å². The van der Waals surface area contributed by atoms with Gasteiger partial charge in [0.1, 0.15) is 5.75 Å². The highest BCUT2D eigenvalue weighted by Crippen LogP contribution is 2.29. The predicted molar refractivity (Wildman–Crippen MR) is 93.1 cm³/mol. The molecule has 1 aliphatic rings. The molecule has 0 aliphatic heterocycles. The highest BCUT2D eigenvalue weighted by Gasteiger charge is 2.16. The SMILES string of the molecule is O=C(O)COc1ccc(NC(=O)c2cc3c(s2)CCCCC3)cc1. The van der Waals surface area contributed by atoms with Crippen LogP contribution in [0.1, 0.15) is 39.4 Å². The third kappa shape index (κ3) is 4.14. The lowest BCUT2D eigenvalue weighted by Gasteiger charge is -2.06. The minimum Gasteiger partial charge on any atom is -0.482 e. The number of hydrogen-bond acceptors (Lipinski definition) is 4. The lowest BCUT2D eigenvalue weighted by atomic mass is 10.1. The van der Waals surface area contributed by atoms with Crippen molar-refractivity contribution in [2.45, 2.75) is 32.1 Å². The van der Waals surface area contributed by atoms with Gasteiger partial charge in [-0.1, -0.05) is 6.42 Å². The molecule has 0 saturated heterocycles. The molecule has 0 radical (unpaired) electrons. The van der Waals surface area contributed by atoms with Crippen LogP contribution in [-0.2, 0) is 17.6 Å². The van der Waals surface area contributed by atoms with E-state index in [1.807, 2.05) is 6.07 Å². The second-order valence-corrected chi connectivity index (χ2v) is 6.92. The van der Waals surface area contributed by atoms with Gasteiger partial charge in [-0.05, 0) is 61.6 Å². The van der Waals surface area contributed by atoms with Crippen LogP contribution < -0.4 is 10.1 Å². The van der Waals surface area contributed by atoms with Gasteiger partial charge in [-0.2, -0.15) is 0 Å². The van der Waals surface area contributed by atoms with Crippen molar-refractivity contribution < 1.29 is 19.4 Å². The van der Waals surface area contributed by atoms with E-state index < -0.39 is 5.97 Å². The van der Waals surface area contributed by atoms with Crippen LogP contribution in [0.15, 0.2) is 30.3 Å². The Labute approximate surface area is 144 Å². The number of amides is 1. The summed E-state index contributed by atoms with van der Waals surface area (Å²) in [6.07, 6.45) is 5.80. The number of rotatable bonds is 5. The Kier molecular flexibility index (Phi) is 5.15. The molecule has 1 aliphatic carbocycles. The zero-order valence-corrected chi connectivity index (χ0v) is 14.0. The molecule has 0 fully saturated rings. The van der Waals surface area contributed by atoms with Crippen LogP contribution in [-0.4, -0.2) is 23.6 Å². The summed E-state index contributed by atoms with van der Waals surface area (Å²) >= 11 is 1.59. The number of ether oxygens (including phenoxy) is 1. The zero-order chi connectivity index (χ0) is 16.9. The number of thiophene rings is 1. The number of aliphatic carboxylic acids is 1. The summed E-state index contributed by atoms with van der Waals surface area (Å²) in [5, 5.41) is 11.5. The maximum Gasteiger partial charge on any atom is 0.341 e. The lowest BCUT2D eigenvalue weighted by Crippen LogP contribution is -2.11. The molecule has 2 aromatic rings. The Hall–Kier alpha value is -2.34. The maximum absolute atomic E-state index is 12.4. The highest BCUT2D eigenvalue weighted by atomic mass is 32.1. The van der Waals surface area contributed by atoms with E-state index >= 15 is 0 Å². The minimum absolute atomic E-state index is 0.104. The van der Waals surface area contributed by atoms with Crippen LogP contribution in [0.25, 0.3) is 0 Å². The van der Waals surface area contributed by atoms with Crippen LogP contribution in [0.4, 0.5) is 5.69 Å². The first-order valence-corrected chi connectivity index (χ1v) is 8.81. The summed E-state index contributed by atoms with van der Waals surface area (Å²) in [5.41, 5.74) is 1.98. The van der Waals surface area contributed by atoms with Gasteiger partial charge >= 0.3 is 5.97 Å². The summed E-state index contributed by atoms with van der Waals surface area (Å²) in [6, 6.07) is 8.70. The molecular weight excluding hydrogens is 326 g/mol. The fraction of sp³-hybridized carbons (Fsp3) is 0.333. The molecule has 6 heteroatoms. The first-order chi connectivity index (χ1) is 11.6. The number of aryl methyl sites for hydroxylation is 2. The Morgan fingerprint density at radius 1 is 1.12 bits per heavy atom. The summed E-state index contributed by atoms with van der Waals surface area (Å²) in [5.74, 6) is -0.671. The number of carboxylic acid groups (broad SMARTS) is 1. The Bertz CT molecular complexity index is 712. The summed E-state index contributed by atoms with van der Waals surface area (Å²) < 4.78 is 5.07. The van der Waals surface area contributed by atoms with Gasteiger partial charge in [0.25, 0.3) is 5.91 Å². The van der Waals surface area contributed by atoms with E-state index in [0.29, 0.717) is 11.4 Å². The van der Waals surface area contributed by atoms with Crippen LogP contribution >= 0.6 is 11.3 Å². The fourth-order valence-corrected chi connectivity index (χ4v) is 3.90. The molecule has 1 aromatic heterocycles. The Morgan fingerprint density at radius 2 is 1.88 bits per heavy atom. The largest absolute Gasteiger partial charge is 0.482 e. The van der Waals surface area contributed by atoms with Crippen molar-refractivity contribution in [1.29, 1.82) is 0 Å². The minimum atomic E-state index is -1.02. The number of carbonyl (C=O) groups is 2. The number of hydrogen-bond donors (Lipinski definition) is 2. The molecule has 5 nitrogen and oxygen atoms in total. The summed E-state index contributed by atoms with van der Waals surface area (Å²) in [7, 11) is 0. The van der Waals surface area contributed by atoms with Gasteiger partial charge in [0, 0.05) is 10.6 Å². The van der Waals surface area contributed by atoms with Gasteiger partial charge in [-0.15, -0.1) is 11.3 Å². The van der Waals surface area contributed by atoms with E-state index in [1.165, 1.54) is 29.7 Å².